The number of amides is 1. The van der Waals surface area contributed by atoms with Gasteiger partial charge >= 0.3 is 0 Å². The van der Waals surface area contributed by atoms with Crippen LogP contribution in [-0.4, -0.2) is 34.9 Å². The number of carbonyl (C=O) groups excluding carboxylic acids is 1. The van der Waals surface area contributed by atoms with Crippen LogP contribution in [0.5, 0.6) is 0 Å². The summed E-state index contributed by atoms with van der Waals surface area (Å²) in [7, 11) is 0. The van der Waals surface area contributed by atoms with Crippen LogP contribution in [0.15, 0.2) is 30.3 Å². The quantitative estimate of drug-likeness (QED) is 0.513. The Morgan fingerprint density at radius 3 is 2.75 bits per heavy atom. The van der Waals surface area contributed by atoms with Gasteiger partial charge in [-0.15, -0.1) is 0 Å². The van der Waals surface area contributed by atoms with E-state index in [-0.39, 0.29) is 23.6 Å². The number of para-hydroxylation sites is 1. The fourth-order valence-corrected chi connectivity index (χ4v) is 2.23. The van der Waals surface area contributed by atoms with Gasteiger partial charge in [0.1, 0.15) is 0 Å². The molecule has 2 rings (SSSR count). The van der Waals surface area contributed by atoms with Gasteiger partial charge in [-0.25, -0.2) is 0 Å². The third-order valence-electron chi connectivity index (χ3n) is 3.52. The first kappa shape index (κ1) is 14.2. The van der Waals surface area contributed by atoms with Crippen molar-refractivity contribution in [1.29, 1.82) is 0 Å². The van der Waals surface area contributed by atoms with E-state index < -0.39 is 4.92 Å². The Kier molecular flexibility index (Phi) is 4.14. The predicted molar refractivity (Wildman–Crippen MR) is 75.8 cm³/mol. The summed E-state index contributed by atoms with van der Waals surface area (Å²) in [6.07, 6.45) is 2.85. The van der Waals surface area contributed by atoms with Crippen molar-refractivity contribution in [3.05, 3.63) is 46.0 Å². The van der Waals surface area contributed by atoms with Crippen LogP contribution in [0, 0.1) is 16.0 Å². The van der Waals surface area contributed by atoms with E-state index in [1.54, 1.807) is 23.1 Å². The zero-order chi connectivity index (χ0) is 14.7. The molecule has 1 aliphatic heterocycles. The highest BCUT2D eigenvalue weighted by Gasteiger charge is 2.28. The highest BCUT2D eigenvalue weighted by Crippen LogP contribution is 2.20. The van der Waals surface area contributed by atoms with Crippen LogP contribution in [0.4, 0.5) is 5.69 Å². The lowest BCUT2D eigenvalue weighted by molar-refractivity contribution is -0.385. The van der Waals surface area contributed by atoms with E-state index in [0.29, 0.717) is 18.7 Å². The number of nitro groups is 1. The summed E-state index contributed by atoms with van der Waals surface area (Å²) in [6.45, 7) is 3.16. The van der Waals surface area contributed by atoms with E-state index in [2.05, 4.69) is 0 Å². The fraction of sp³-hybridized carbons (Fsp3) is 0.357. The Hall–Kier alpha value is -2.21. The van der Waals surface area contributed by atoms with Crippen molar-refractivity contribution < 1.29 is 9.72 Å². The van der Waals surface area contributed by atoms with Gasteiger partial charge in [-0.1, -0.05) is 19.1 Å². The van der Waals surface area contributed by atoms with Crippen molar-refractivity contribution in [3.63, 3.8) is 0 Å². The normalized spacial score (nSPS) is 22.4. The summed E-state index contributed by atoms with van der Waals surface area (Å²) in [4.78, 5) is 24.1. The second-order valence-electron chi connectivity index (χ2n) is 5.03. The Morgan fingerprint density at radius 2 is 2.15 bits per heavy atom. The molecule has 1 saturated heterocycles. The number of hydrogen-bond donors (Lipinski definition) is 1. The number of nitrogens with two attached hydrogens (primary N) is 1. The van der Waals surface area contributed by atoms with Gasteiger partial charge in [0, 0.05) is 31.3 Å². The zero-order valence-electron chi connectivity index (χ0n) is 11.2. The molecular weight excluding hydrogens is 258 g/mol. The highest BCUT2D eigenvalue weighted by atomic mass is 16.6. The minimum absolute atomic E-state index is 0.00147. The van der Waals surface area contributed by atoms with Crippen molar-refractivity contribution >= 4 is 17.7 Å². The lowest BCUT2D eigenvalue weighted by Crippen LogP contribution is -2.31. The molecule has 1 amide bonds. The van der Waals surface area contributed by atoms with Crippen molar-refractivity contribution in [2.75, 3.05) is 13.1 Å². The molecule has 1 heterocycles. The molecule has 2 atom stereocenters. The third kappa shape index (κ3) is 3.03. The van der Waals surface area contributed by atoms with Crippen LogP contribution >= 0.6 is 0 Å². The molecule has 0 spiro atoms. The SMILES string of the molecule is CC1CN(C(=O)/C=C/c2ccccc2[N+](=O)[O-])CC1N. The molecule has 106 valence electrons. The molecule has 1 aromatic rings. The first-order chi connectivity index (χ1) is 9.49. The van der Waals surface area contributed by atoms with Crippen molar-refractivity contribution in [2.45, 2.75) is 13.0 Å². The molecule has 0 aromatic heterocycles. The monoisotopic (exact) mass is 275 g/mol. The van der Waals surface area contributed by atoms with Crippen molar-refractivity contribution in [3.8, 4) is 0 Å². The molecule has 0 radical (unpaired) electrons. The van der Waals surface area contributed by atoms with Gasteiger partial charge in [-0.05, 0) is 18.1 Å². The molecule has 2 N–H and O–H groups in total. The summed E-state index contributed by atoms with van der Waals surface area (Å²) in [5, 5.41) is 10.9. The van der Waals surface area contributed by atoms with E-state index in [1.165, 1.54) is 18.2 Å². The van der Waals surface area contributed by atoms with Crippen LogP contribution in [0.1, 0.15) is 12.5 Å². The molecule has 2 unspecified atom stereocenters. The fourth-order valence-electron chi connectivity index (χ4n) is 2.23. The van der Waals surface area contributed by atoms with E-state index in [9.17, 15) is 14.9 Å². The van der Waals surface area contributed by atoms with Gasteiger partial charge in [0.2, 0.25) is 5.91 Å². The number of nitro benzene ring substituents is 1. The van der Waals surface area contributed by atoms with Crippen LogP contribution in [0.3, 0.4) is 0 Å². The number of likely N-dealkylation sites (tertiary alicyclic amines) is 1. The highest BCUT2D eigenvalue weighted by molar-refractivity contribution is 5.92. The maximum Gasteiger partial charge on any atom is 0.276 e. The van der Waals surface area contributed by atoms with Crippen LogP contribution in [0.25, 0.3) is 6.08 Å². The number of benzene rings is 1. The van der Waals surface area contributed by atoms with Gasteiger partial charge in [0.15, 0.2) is 0 Å². The second kappa shape index (κ2) is 5.83. The maximum atomic E-state index is 12.0. The molecular formula is C14H17N3O3. The van der Waals surface area contributed by atoms with E-state index in [1.807, 2.05) is 6.92 Å². The summed E-state index contributed by atoms with van der Waals surface area (Å²) in [6, 6.07) is 6.32. The molecule has 6 nitrogen and oxygen atoms in total. The molecule has 0 saturated carbocycles. The minimum Gasteiger partial charge on any atom is -0.337 e. The first-order valence-electron chi connectivity index (χ1n) is 6.45. The van der Waals surface area contributed by atoms with Crippen molar-refractivity contribution in [1.82, 2.24) is 4.90 Å². The lowest BCUT2D eigenvalue weighted by Gasteiger charge is -2.12. The molecule has 1 fully saturated rings. The van der Waals surface area contributed by atoms with Crippen LogP contribution in [0.2, 0.25) is 0 Å². The van der Waals surface area contributed by atoms with Crippen LogP contribution < -0.4 is 5.73 Å². The van der Waals surface area contributed by atoms with Crippen LogP contribution in [-0.2, 0) is 4.79 Å². The van der Waals surface area contributed by atoms with Gasteiger partial charge < -0.3 is 10.6 Å². The smallest absolute Gasteiger partial charge is 0.276 e. The Labute approximate surface area is 117 Å². The predicted octanol–water partition coefficient (Wildman–Crippen LogP) is 1.41. The third-order valence-corrected chi connectivity index (χ3v) is 3.52. The van der Waals surface area contributed by atoms with Crippen molar-refractivity contribution in [2.24, 2.45) is 11.7 Å². The standard InChI is InChI=1S/C14H17N3O3/c1-10-8-16(9-12(10)15)14(18)7-6-11-4-2-3-5-13(11)17(19)20/h2-7,10,12H,8-9,15H2,1H3/b7-6+. The number of nitrogens with zero attached hydrogens (tertiary/aromatic N) is 2. The number of carbonyl (C=O) groups is 1. The molecule has 1 aliphatic rings. The van der Waals surface area contributed by atoms with E-state index in [0.717, 1.165) is 0 Å². The molecule has 20 heavy (non-hydrogen) atoms. The Morgan fingerprint density at radius 1 is 1.45 bits per heavy atom. The van der Waals surface area contributed by atoms with E-state index in [4.69, 9.17) is 5.73 Å². The Balaban J connectivity index is 2.10. The summed E-state index contributed by atoms with van der Waals surface area (Å²) in [5.74, 6) is 0.112. The summed E-state index contributed by atoms with van der Waals surface area (Å²) < 4.78 is 0. The molecule has 0 aliphatic carbocycles. The second-order valence-corrected chi connectivity index (χ2v) is 5.03. The lowest BCUT2D eigenvalue weighted by atomic mass is 10.1. The van der Waals surface area contributed by atoms with Gasteiger partial charge in [-0.3, -0.25) is 14.9 Å². The minimum atomic E-state index is -0.460. The van der Waals surface area contributed by atoms with E-state index >= 15 is 0 Å². The Bertz CT molecular complexity index is 546. The molecule has 0 bridgehead atoms. The largest absolute Gasteiger partial charge is 0.337 e. The average Bonchev–Trinajstić information content (AvgIpc) is 2.76. The first-order valence-corrected chi connectivity index (χ1v) is 6.45. The number of rotatable bonds is 3. The zero-order valence-corrected chi connectivity index (χ0v) is 11.2. The van der Waals surface area contributed by atoms with Gasteiger partial charge in [-0.2, -0.15) is 0 Å². The molecule has 6 heteroatoms. The number of hydrogen-bond acceptors (Lipinski definition) is 4. The molecule has 1 aromatic carbocycles. The van der Waals surface area contributed by atoms with Gasteiger partial charge in [0.05, 0.1) is 10.5 Å². The summed E-state index contributed by atoms with van der Waals surface area (Å²) in [5.41, 5.74) is 6.28. The topological polar surface area (TPSA) is 89.5 Å². The van der Waals surface area contributed by atoms with Gasteiger partial charge in [0.25, 0.3) is 5.69 Å². The summed E-state index contributed by atoms with van der Waals surface area (Å²) >= 11 is 0. The maximum absolute atomic E-state index is 12.0. The average molecular weight is 275 g/mol.